The SMILES string of the molecule is O=C(NCCc1ccsc1)c1ccc(COc2ccc(F)cc2)o1. The summed E-state index contributed by atoms with van der Waals surface area (Å²) < 4.78 is 23.8. The number of hydrogen-bond donors (Lipinski definition) is 1. The van der Waals surface area contributed by atoms with Crippen molar-refractivity contribution >= 4 is 17.2 Å². The molecule has 0 atom stereocenters. The van der Waals surface area contributed by atoms with Crippen LogP contribution in [-0.4, -0.2) is 12.5 Å². The lowest BCUT2D eigenvalue weighted by molar-refractivity contribution is 0.0922. The number of hydrogen-bond acceptors (Lipinski definition) is 4. The average Bonchev–Trinajstić information content (AvgIpc) is 3.26. The van der Waals surface area contributed by atoms with E-state index in [9.17, 15) is 9.18 Å². The molecular weight excluding hydrogens is 329 g/mol. The smallest absolute Gasteiger partial charge is 0.287 e. The minimum atomic E-state index is -0.318. The number of ether oxygens (including phenoxy) is 1. The van der Waals surface area contributed by atoms with E-state index in [0.29, 0.717) is 18.1 Å². The van der Waals surface area contributed by atoms with Gasteiger partial charge in [0.2, 0.25) is 0 Å². The molecule has 0 bridgehead atoms. The monoisotopic (exact) mass is 345 g/mol. The summed E-state index contributed by atoms with van der Waals surface area (Å²) in [6.07, 6.45) is 0.788. The molecule has 1 N–H and O–H groups in total. The lowest BCUT2D eigenvalue weighted by Gasteiger charge is -2.04. The molecule has 1 aromatic carbocycles. The fourth-order valence-corrected chi connectivity index (χ4v) is 2.81. The number of halogens is 1. The van der Waals surface area contributed by atoms with Crippen LogP contribution in [0.25, 0.3) is 0 Å². The summed E-state index contributed by atoms with van der Waals surface area (Å²) in [5, 5.41) is 6.89. The molecule has 6 heteroatoms. The molecule has 0 saturated carbocycles. The summed E-state index contributed by atoms with van der Waals surface area (Å²) in [4.78, 5) is 12.0. The highest BCUT2D eigenvalue weighted by atomic mass is 32.1. The molecule has 3 rings (SSSR count). The van der Waals surface area contributed by atoms with Crippen molar-refractivity contribution < 1.29 is 18.3 Å². The molecule has 2 aromatic heterocycles. The molecule has 0 spiro atoms. The van der Waals surface area contributed by atoms with Crippen LogP contribution in [0.2, 0.25) is 0 Å². The standard InChI is InChI=1S/C18H16FNO3S/c19-14-1-3-15(4-2-14)22-11-16-5-6-17(23-16)18(21)20-9-7-13-8-10-24-12-13/h1-6,8,10,12H,7,9,11H2,(H,20,21). The molecule has 4 nitrogen and oxygen atoms in total. The summed E-state index contributed by atoms with van der Waals surface area (Å²) in [6, 6.07) is 11.1. The Morgan fingerprint density at radius 2 is 2.00 bits per heavy atom. The Labute approximate surface area is 142 Å². The number of amides is 1. The molecule has 0 radical (unpaired) electrons. The quantitative estimate of drug-likeness (QED) is 0.703. The van der Waals surface area contributed by atoms with Gasteiger partial charge in [-0.3, -0.25) is 4.79 Å². The molecule has 2 heterocycles. The molecule has 0 unspecified atom stereocenters. The minimum Gasteiger partial charge on any atom is -0.486 e. The van der Waals surface area contributed by atoms with Gasteiger partial charge in [-0.1, -0.05) is 0 Å². The number of furan rings is 1. The number of rotatable bonds is 7. The van der Waals surface area contributed by atoms with Crippen molar-refractivity contribution in [3.8, 4) is 5.75 Å². The van der Waals surface area contributed by atoms with Gasteiger partial charge in [0.1, 0.15) is 23.9 Å². The van der Waals surface area contributed by atoms with Gasteiger partial charge in [-0.05, 0) is 65.2 Å². The highest BCUT2D eigenvalue weighted by molar-refractivity contribution is 7.07. The van der Waals surface area contributed by atoms with Gasteiger partial charge < -0.3 is 14.5 Å². The molecule has 24 heavy (non-hydrogen) atoms. The van der Waals surface area contributed by atoms with Crippen molar-refractivity contribution in [3.05, 3.63) is 76.1 Å². The Kier molecular flexibility index (Phi) is 5.28. The second-order valence-electron chi connectivity index (χ2n) is 5.15. The predicted molar refractivity (Wildman–Crippen MR) is 89.8 cm³/mol. The highest BCUT2D eigenvalue weighted by Crippen LogP contribution is 2.15. The first-order chi connectivity index (χ1) is 11.7. The fourth-order valence-electron chi connectivity index (χ4n) is 2.11. The lowest BCUT2D eigenvalue weighted by Crippen LogP contribution is -2.25. The molecular formula is C18H16FNO3S. The van der Waals surface area contributed by atoms with Crippen molar-refractivity contribution in [1.82, 2.24) is 5.32 Å². The Hall–Kier alpha value is -2.60. The van der Waals surface area contributed by atoms with Gasteiger partial charge in [-0.2, -0.15) is 11.3 Å². The maximum absolute atomic E-state index is 12.8. The summed E-state index contributed by atoms with van der Waals surface area (Å²) >= 11 is 1.64. The zero-order valence-corrected chi connectivity index (χ0v) is 13.6. The first-order valence-electron chi connectivity index (χ1n) is 7.47. The Bertz CT molecular complexity index is 781. The summed E-state index contributed by atoms with van der Waals surface area (Å²) in [7, 11) is 0. The van der Waals surface area contributed by atoms with Crippen LogP contribution in [0.1, 0.15) is 21.9 Å². The van der Waals surface area contributed by atoms with Gasteiger partial charge in [0.15, 0.2) is 5.76 Å². The van der Waals surface area contributed by atoms with E-state index in [1.54, 1.807) is 23.5 Å². The summed E-state index contributed by atoms with van der Waals surface area (Å²) in [6.45, 7) is 0.728. The van der Waals surface area contributed by atoms with Crippen LogP contribution in [0.3, 0.4) is 0 Å². The summed E-state index contributed by atoms with van der Waals surface area (Å²) in [5.41, 5.74) is 1.20. The van der Waals surface area contributed by atoms with E-state index in [4.69, 9.17) is 9.15 Å². The number of nitrogens with one attached hydrogen (secondary N) is 1. The molecule has 0 aliphatic carbocycles. The van der Waals surface area contributed by atoms with E-state index in [-0.39, 0.29) is 24.1 Å². The average molecular weight is 345 g/mol. The van der Waals surface area contributed by atoms with Gasteiger partial charge in [0.25, 0.3) is 5.91 Å². The third-order valence-electron chi connectivity index (χ3n) is 3.36. The van der Waals surface area contributed by atoms with Gasteiger partial charge in [0.05, 0.1) is 0 Å². The predicted octanol–water partition coefficient (Wildman–Crippen LogP) is 4.03. The zero-order chi connectivity index (χ0) is 16.8. The van der Waals surface area contributed by atoms with Crippen molar-refractivity contribution in [2.45, 2.75) is 13.0 Å². The number of carbonyl (C=O) groups excluding carboxylic acids is 1. The number of thiophene rings is 1. The van der Waals surface area contributed by atoms with Crippen molar-refractivity contribution in [3.63, 3.8) is 0 Å². The van der Waals surface area contributed by atoms with Crippen LogP contribution in [0.5, 0.6) is 5.75 Å². The minimum absolute atomic E-state index is 0.174. The van der Waals surface area contributed by atoms with E-state index in [0.717, 1.165) is 6.42 Å². The van der Waals surface area contributed by atoms with Crippen LogP contribution in [-0.2, 0) is 13.0 Å². The van der Waals surface area contributed by atoms with E-state index >= 15 is 0 Å². The molecule has 0 saturated heterocycles. The molecule has 1 amide bonds. The van der Waals surface area contributed by atoms with Gasteiger partial charge in [0, 0.05) is 6.54 Å². The Morgan fingerprint density at radius 3 is 2.75 bits per heavy atom. The fraction of sp³-hybridized carbons (Fsp3) is 0.167. The molecule has 3 aromatic rings. The van der Waals surface area contributed by atoms with Gasteiger partial charge in [-0.15, -0.1) is 0 Å². The normalized spacial score (nSPS) is 10.5. The topological polar surface area (TPSA) is 51.5 Å². The van der Waals surface area contributed by atoms with Crippen LogP contribution in [0.15, 0.2) is 57.6 Å². The molecule has 0 aliphatic rings. The molecule has 0 aliphatic heterocycles. The van der Waals surface area contributed by atoms with Crippen molar-refractivity contribution in [2.75, 3.05) is 6.54 Å². The first-order valence-corrected chi connectivity index (χ1v) is 8.41. The van der Waals surface area contributed by atoms with E-state index in [1.165, 1.54) is 29.8 Å². The van der Waals surface area contributed by atoms with Crippen molar-refractivity contribution in [2.24, 2.45) is 0 Å². The zero-order valence-electron chi connectivity index (χ0n) is 12.8. The third-order valence-corrected chi connectivity index (χ3v) is 4.09. The number of benzene rings is 1. The molecule has 0 fully saturated rings. The maximum atomic E-state index is 12.8. The van der Waals surface area contributed by atoms with Gasteiger partial charge in [-0.25, -0.2) is 4.39 Å². The number of carbonyl (C=O) groups is 1. The maximum Gasteiger partial charge on any atom is 0.287 e. The summed E-state index contributed by atoms with van der Waals surface area (Å²) in [5.74, 6) is 0.745. The highest BCUT2D eigenvalue weighted by Gasteiger charge is 2.11. The van der Waals surface area contributed by atoms with Crippen molar-refractivity contribution in [1.29, 1.82) is 0 Å². The largest absolute Gasteiger partial charge is 0.486 e. The second kappa shape index (κ2) is 7.79. The lowest BCUT2D eigenvalue weighted by atomic mass is 10.2. The van der Waals surface area contributed by atoms with Gasteiger partial charge >= 0.3 is 0 Å². The third kappa shape index (κ3) is 4.45. The molecule has 124 valence electrons. The first kappa shape index (κ1) is 16.3. The van der Waals surface area contributed by atoms with E-state index in [2.05, 4.69) is 10.7 Å². The second-order valence-corrected chi connectivity index (χ2v) is 5.93. The van der Waals surface area contributed by atoms with E-state index < -0.39 is 0 Å². The van der Waals surface area contributed by atoms with Crippen LogP contribution in [0, 0.1) is 5.82 Å². The van der Waals surface area contributed by atoms with Crippen LogP contribution in [0.4, 0.5) is 4.39 Å². The van der Waals surface area contributed by atoms with E-state index in [1.807, 2.05) is 11.4 Å². The van der Waals surface area contributed by atoms with Crippen LogP contribution >= 0.6 is 11.3 Å². The van der Waals surface area contributed by atoms with Crippen LogP contribution < -0.4 is 10.1 Å². The Morgan fingerprint density at radius 1 is 1.17 bits per heavy atom. The Balaban J connectivity index is 1.47.